The van der Waals surface area contributed by atoms with E-state index in [1.807, 2.05) is 0 Å². The molecule has 1 amide bonds. The van der Waals surface area contributed by atoms with Crippen LogP contribution in [-0.2, 0) is 4.79 Å². The van der Waals surface area contributed by atoms with Gasteiger partial charge in [0, 0.05) is 16.7 Å². The molecule has 0 unspecified atom stereocenters. The van der Waals surface area contributed by atoms with Crippen molar-refractivity contribution in [1.29, 1.82) is 0 Å². The first-order valence-electron chi connectivity index (χ1n) is 6.73. The fraction of sp³-hybridized carbons (Fsp3) is 0. The minimum Gasteiger partial charge on any atom is -0.322 e. The van der Waals surface area contributed by atoms with Gasteiger partial charge < -0.3 is 5.32 Å². The molecule has 0 spiro atoms. The predicted molar refractivity (Wildman–Crippen MR) is 90.7 cm³/mol. The Balaban J connectivity index is 1.79. The Morgan fingerprint density at radius 2 is 1.83 bits per heavy atom. The van der Waals surface area contributed by atoms with Crippen LogP contribution in [0.5, 0.6) is 0 Å². The van der Waals surface area contributed by atoms with Gasteiger partial charge in [-0.05, 0) is 41.5 Å². The zero-order chi connectivity index (χ0) is 16.6. The number of benzene rings is 2. The first kappa shape index (κ1) is 15.5. The van der Waals surface area contributed by atoms with Gasteiger partial charge in [-0.25, -0.2) is 4.39 Å². The van der Waals surface area contributed by atoms with Crippen molar-refractivity contribution in [2.24, 2.45) is 0 Å². The maximum Gasteiger partial charge on any atom is 0.255 e. The van der Waals surface area contributed by atoms with Crippen molar-refractivity contribution in [3.05, 3.63) is 71.4 Å². The normalized spacial score (nSPS) is 15.8. The first-order valence-corrected chi connectivity index (χ1v) is 8.34. The van der Waals surface area contributed by atoms with Gasteiger partial charge in [-0.2, -0.15) is 0 Å². The number of carbonyl (C=O) groups is 1. The second kappa shape index (κ2) is 5.66. The number of halogens is 1. The smallest absolute Gasteiger partial charge is 0.255 e. The van der Waals surface area contributed by atoms with Crippen LogP contribution < -0.4 is 5.32 Å². The van der Waals surface area contributed by atoms with E-state index >= 15 is 0 Å². The van der Waals surface area contributed by atoms with Crippen LogP contribution in [0.15, 0.2) is 59.3 Å². The van der Waals surface area contributed by atoms with Crippen LogP contribution in [0.1, 0.15) is 11.1 Å². The topological polar surface area (TPSA) is 69.6 Å². The van der Waals surface area contributed by atoms with E-state index in [0.29, 0.717) is 21.7 Å². The molecule has 1 aliphatic rings. The van der Waals surface area contributed by atoms with Crippen molar-refractivity contribution < 1.29 is 18.3 Å². The third kappa shape index (κ3) is 3.05. The van der Waals surface area contributed by atoms with Gasteiger partial charge in [-0.1, -0.05) is 24.8 Å². The number of hydrogen-bond donors (Lipinski definition) is 3. The van der Waals surface area contributed by atoms with Crippen LogP contribution in [0.25, 0.3) is 11.6 Å². The molecule has 118 valence electrons. The van der Waals surface area contributed by atoms with Gasteiger partial charge >= 0.3 is 0 Å². The molecule has 6 heteroatoms. The van der Waals surface area contributed by atoms with E-state index in [1.54, 1.807) is 18.2 Å². The summed E-state index contributed by atoms with van der Waals surface area (Å²) in [5.74, 6) is -0.836. The van der Waals surface area contributed by atoms with Crippen molar-refractivity contribution in [3.63, 3.8) is 0 Å². The van der Waals surface area contributed by atoms with E-state index in [4.69, 9.17) is 0 Å². The van der Waals surface area contributed by atoms with Crippen LogP contribution in [-0.4, -0.2) is 15.0 Å². The van der Waals surface area contributed by atoms with Crippen LogP contribution in [0.3, 0.4) is 0 Å². The van der Waals surface area contributed by atoms with Crippen molar-refractivity contribution in [1.82, 2.24) is 0 Å². The zero-order valence-electron chi connectivity index (χ0n) is 12.0. The highest BCUT2D eigenvalue weighted by atomic mass is 32.3. The number of rotatable bonds is 3. The molecule has 3 N–H and O–H groups in total. The van der Waals surface area contributed by atoms with E-state index in [2.05, 4.69) is 11.9 Å². The molecule has 0 aromatic heterocycles. The third-order valence-electron chi connectivity index (χ3n) is 3.50. The largest absolute Gasteiger partial charge is 0.322 e. The van der Waals surface area contributed by atoms with E-state index < -0.39 is 22.3 Å². The standard InChI is InChI=1S/C17H14FNO3S/c1-11(12-2-5-14(18)6-3-12)17(20)19-15-7-4-13-8-9-23(21,22)16(13)10-15/h2-10,21-22H,1H2,(H,19,20). The van der Waals surface area contributed by atoms with E-state index in [0.717, 1.165) is 0 Å². The molecule has 0 bridgehead atoms. The van der Waals surface area contributed by atoms with E-state index in [9.17, 15) is 18.3 Å². The molecule has 2 aromatic carbocycles. The Hall–Kier alpha value is -2.41. The Kier molecular flexibility index (Phi) is 3.81. The van der Waals surface area contributed by atoms with Gasteiger partial charge in [-0.15, -0.1) is 10.6 Å². The number of amides is 1. The van der Waals surface area contributed by atoms with Crippen LogP contribution >= 0.6 is 10.6 Å². The summed E-state index contributed by atoms with van der Waals surface area (Å²) in [4.78, 5) is 12.6. The molecule has 0 radical (unpaired) electrons. The number of fused-ring (bicyclic) bond motifs is 1. The summed E-state index contributed by atoms with van der Waals surface area (Å²) in [6.07, 6.45) is 1.63. The summed E-state index contributed by atoms with van der Waals surface area (Å²) in [5.41, 5.74) is 1.84. The van der Waals surface area contributed by atoms with Crippen molar-refractivity contribution in [2.75, 3.05) is 5.32 Å². The summed E-state index contributed by atoms with van der Waals surface area (Å²) in [6, 6.07) is 10.3. The van der Waals surface area contributed by atoms with Gasteiger partial charge in [0.15, 0.2) is 0 Å². The molecule has 1 heterocycles. The lowest BCUT2D eigenvalue weighted by Crippen LogP contribution is -2.13. The van der Waals surface area contributed by atoms with E-state index in [-0.39, 0.29) is 5.57 Å². The van der Waals surface area contributed by atoms with Crippen LogP contribution in [0, 0.1) is 5.82 Å². The molecule has 0 saturated carbocycles. The average molecular weight is 331 g/mol. The zero-order valence-corrected chi connectivity index (χ0v) is 12.8. The van der Waals surface area contributed by atoms with E-state index in [1.165, 1.54) is 35.7 Å². The lowest BCUT2D eigenvalue weighted by molar-refractivity contribution is -0.111. The second-order valence-corrected chi connectivity index (χ2v) is 6.99. The van der Waals surface area contributed by atoms with Gasteiger partial charge in [0.05, 0.1) is 4.90 Å². The van der Waals surface area contributed by atoms with Crippen LogP contribution in [0.4, 0.5) is 10.1 Å². The maximum atomic E-state index is 12.9. The lowest BCUT2D eigenvalue weighted by Gasteiger charge is -2.25. The minimum atomic E-state index is -2.94. The fourth-order valence-electron chi connectivity index (χ4n) is 2.24. The molecule has 2 aromatic rings. The van der Waals surface area contributed by atoms with Crippen molar-refractivity contribution >= 4 is 33.8 Å². The summed E-state index contributed by atoms with van der Waals surface area (Å²) >= 11 is 0. The predicted octanol–water partition coefficient (Wildman–Crippen LogP) is 4.57. The first-order chi connectivity index (χ1) is 10.9. The molecule has 3 rings (SSSR count). The highest BCUT2D eigenvalue weighted by Gasteiger charge is 2.22. The average Bonchev–Trinajstić information content (AvgIpc) is 2.82. The quantitative estimate of drug-likeness (QED) is 0.722. The summed E-state index contributed by atoms with van der Waals surface area (Å²) in [6.45, 7) is 3.71. The molecule has 0 saturated heterocycles. The highest BCUT2D eigenvalue weighted by molar-refractivity contribution is 8.27. The number of carbonyl (C=O) groups excluding carboxylic acids is 1. The molecular weight excluding hydrogens is 317 g/mol. The Morgan fingerprint density at radius 1 is 1.13 bits per heavy atom. The van der Waals surface area contributed by atoms with Gasteiger partial charge in [0.1, 0.15) is 5.82 Å². The van der Waals surface area contributed by atoms with Crippen LogP contribution in [0.2, 0.25) is 0 Å². The molecule has 0 aliphatic carbocycles. The Bertz CT molecular complexity index is 828. The summed E-state index contributed by atoms with van der Waals surface area (Å²) < 4.78 is 32.7. The third-order valence-corrected chi connectivity index (χ3v) is 5.02. The Labute approximate surface area is 134 Å². The van der Waals surface area contributed by atoms with Crippen molar-refractivity contribution in [3.8, 4) is 0 Å². The molecule has 23 heavy (non-hydrogen) atoms. The SMILES string of the molecule is C=C(C(=O)Nc1ccc2c(c1)S(O)(O)C=C2)c1ccc(F)cc1. The molecule has 0 atom stereocenters. The van der Waals surface area contributed by atoms with Gasteiger partial charge in [0.2, 0.25) is 0 Å². The van der Waals surface area contributed by atoms with Gasteiger partial charge in [0.25, 0.3) is 5.91 Å². The number of anilines is 1. The van der Waals surface area contributed by atoms with Crippen molar-refractivity contribution in [2.45, 2.75) is 4.90 Å². The second-order valence-electron chi connectivity index (χ2n) is 5.09. The molecule has 1 aliphatic heterocycles. The minimum absolute atomic E-state index is 0.190. The monoisotopic (exact) mass is 331 g/mol. The highest BCUT2D eigenvalue weighted by Crippen LogP contribution is 2.56. The summed E-state index contributed by atoms with van der Waals surface area (Å²) in [7, 11) is -2.94. The van der Waals surface area contributed by atoms with Gasteiger partial charge in [-0.3, -0.25) is 13.9 Å². The maximum absolute atomic E-state index is 12.9. The number of hydrogen-bond acceptors (Lipinski definition) is 3. The lowest BCUT2D eigenvalue weighted by atomic mass is 10.1. The number of nitrogens with one attached hydrogen (secondary N) is 1. The summed E-state index contributed by atoms with van der Waals surface area (Å²) in [5, 5.41) is 4.00. The Morgan fingerprint density at radius 3 is 2.52 bits per heavy atom. The fourth-order valence-corrected chi connectivity index (χ4v) is 3.51. The molecule has 4 nitrogen and oxygen atoms in total. The molecular formula is C17H14FNO3S. The molecule has 0 fully saturated rings.